The molecule has 1 aromatic heterocycles. The maximum Gasteiger partial charge on any atom is 0.490 e. The van der Waals surface area contributed by atoms with Crippen LogP contribution >= 0.6 is 0 Å². The Morgan fingerprint density at radius 3 is 2.44 bits per heavy atom. The maximum absolute atomic E-state index is 13.9. The van der Waals surface area contributed by atoms with E-state index in [4.69, 9.17) is 24.1 Å². The molecule has 3 aromatic rings. The topological polar surface area (TPSA) is 144 Å². The number of carbonyl (C=O) groups is 2. The van der Waals surface area contributed by atoms with E-state index in [1.807, 2.05) is 10.8 Å². The van der Waals surface area contributed by atoms with Gasteiger partial charge in [-0.3, -0.25) is 4.79 Å². The van der Waals surface area contributed by atoms with Gasteiger partial charge in [0.1, 0.15) is 23.8 Å². The van der Waals surface area contributed by atoms with E-state index in [0.717, 1.165) is 48.2 Å². The van der Waals surface area contributed by atoms with Gasteiger partial charge in [-0.1, -0.05) is 18.2 Å². The van der Waals surface area contributed by atoms with E-state index in [0.29, 0.717) is 12.0 Å². The second kappa shape index (κ2) is 16.3. The molecule has 5 rings (SSSR count). The fourth-order valence-electron chi connectivity index (χ4n) is 6.11. The third kappa shape index (κ3) is 10.2. The zero-order valence-corrected chi connectivity index (χ0v) is 28.4. The number of hydrogen-bond acceptors (Lipinski definition) is 8. The molecule has 4 N–H and O–H groups in total. The number of carboxylic acid groups (broad SMARTS) is 1. The molecular weight excluding hydrogens is 664 g/mol. The zero-order valence-electron chi connectivity index (χ0n) is 28.4. The highest BCUT2D eigenvalue weighted by Gasteiger charge is 2.47. The van der Waals surface area contributed by atoms with Crippen LogP contribution in [0, 0.1) is 5.82 Å². The summed E-state index contributed by atoms with van der Waals surface area (Å²) in [5, 5.41) is 25.0. The van der Waals surface area contributed by atoms with Gasteiger partial charge < -0.3 is 39.6 Å². The third-order valence-corrected chi connectivity index (χ3v) is 8.90. The molecule has 2 aromatic carbocycles. The molecule has 274 valence electrons. The number of fused-ring (bicyclic) bond motifs is 1. The largest absolute Gasteiger partial charge is 0.490 e. The molecule has 0 radical (unpaired) electrons. The Hall–Kier alpha value is -4.05. The van der Waals surface area contributed by atoms with E-state index < -0.39 is 24.3 Å². The molecule has 1 fully saturated rings. The maximum atomic E-state index is 13.9. The van der Waals surface area contributed by atoms with Gasteiger partial charge in [0, 0.05) is 57.6 Å². The Morgan fingerprint density at radius 1 is 1.16 bits per heavy atom. The van der Waals surface area contributed by atoms with Crippen molar-refractivity contribution in [3.8, 4) is 11.4 Å². The smallest absolute Gasteiger partial charge is 0.485 e. The summed E-state index contributed by atoms with van der Waals surface area (Å²) < 4.78 is 65.2. The SMILES string of the molecule is COCC(=O)N[C@@H](Cc1cccc(F)c1)[C@H](O)CN[C@H]1CC2(CCC2)Oc2c1cc(CC(C)(C)OC)cc2-n1ccnc1.O=C(O)C(F)(F)F. The van der Waals surface area contributed by atoms with Crippen LogP contribution in [0.3, 0.4) is 0 Å². The lowest BCUT2D eigenvalue weighted by Gasteiger charge is -2.49. The lowest BCUT2D eigenvalue weighted by molar-refractivity contribution is -0.192. The predicted octanol–water partition coefficient (Wildman–Crippen LogP) is 4.68. The van der Waals surface area contributed by atoms with Crippen molar-refractivity contribution in [1.29, 1.82) is 0 Å². The number of aliphatic carboxylic acids is 1. The number of ether oxygens (including phenoxy) is 3. The van der Waals surface area contributed by atoms with Crippen LogP contribution in [-0.2, 0) is 31.9 Å². The molecule has 1 aliphatic carbocycles. The Morgan fingerprint density at radius 2 is 1.88 bits per heavy atom. The summed E-state index contributed by atoms with van der Waals surface area (Å²) in [6, 6.07) is 9.78. The first-order chi connectivity index (χ1) is 23.5. The van der Waals surface area contributed by atoms with Crippen LogP contribution in [0.15, 0.2) is 55.1 Å². The molecule has 2 aliphatic rings. The molecule has 1 aliphatic heterocycles. The van der Waals surface area contributed by atoms with E-state index >= 15 is 0 Å². The summed E-state index contributed by atoms with van der Waals surface area (Å²) in [4.78, 5) is 25.6. The number of carboxylic acids is 1. The van der Waals surface area contributed by atoms with Crippen molar-refractivity contribution in [2.24, 2.45) is 0 Å². The number of aromatic nitrogens is 2. The summed E-state index contributed by atoms with van der Waals surface area (Å²) in [5.74, 6) is -2.65. The van der Waals surface area contributed by atoms with Crippen LogP contribution < -0.4 is 15.4 Å². The van der Waals surface area contributed by atoms with Gasteiger partial charge >= 0.3 is 12.1 Å². The number of hydrogen-bond donors (Lipinski definition) is 4. The number of nitrogens with zero attached hydrogens (tertiary/aromatic N) is 2. The number of methoxy groups -OCH3 is 2. The molecule has 15 heteroatoms. The van der Waals surface area contributed by atoms with Crippen LogP contribution in [0.2, 0.25) is 0 Å². The normalized spacial score (nSPS) is 17.7. The monoisotopic (exact) mass is 708 g/mol. The molecule has 3 atom stereocenters. The quantitative estimate of drug-likeness (QED) is 0.186. The summed E-state index contributed by atoms with van der Waals surface area (Å²) >= 11 is 0. The van der Waals surface area contributed by atoms with Crippen molar-refractivity contribution in [3.05, 3.63) is 77.6 Å². The van der Waals surface area contributed by atoms with Gasteiger partial charge in [-0.05, 0) is 68.9 Å². The van der Waals surface area contributed by atoms with E-state index in [9.17, 15) is 27.5 Å². The predicted molar refractivity (Wildman–Crippen MR) is 175 cm³/mol. The summed E-state index contributed by atoms with van der Waals surface area (Å²) in [7, 11) is 3.16. The van der Waals surface area contributed by atoms with Crippen LogP contribution in [0.5, 0.6) is 5.75 Å². The first kappa shape index (κ1) is 38.7. The Kier molecular flexibility index (Phi) is 12.6. The number of imidazole rings is 1. The Balaban J connectivity index is 0.000000727. The van der Waals surface area contributed by atoms with Crippen LogP contribution in [0.25, 0.3) is 5.69 Å². The van der Waals surface area contributed by atoms with Crippen molar-refractivity contribution in [2.45, 2.75) is 87.9 Å². The molecule has 0 unspecified atom stereocenters. The van der Waals surface area contributed by atoms with Gasteiger partial charge in [-0.25, -0.2) is 14.2 Å². The van der Waals surface area contributed by atoms with Crippen LogP contribution in [0.1, 0.15) is 62.3 Å². The molecule has 11 nitrogen and oxygen atoms in total. The molecule has 50 heavy (non-hydrogen) atoms. The lowest BCUT2D eigenvalue weighted by Crippen LogP contribution is -2.52. The molecule has 1 saturated carbocycles. The number of nitrogens with one attached hydrogen (secondary N) is 2. The van der Waals surface area contributed by atoms with E-state index in [-0.39, 0.29) is 48.5 Å². The van der Waals surface area contributed by atoms with Crippen molar-refractivity contribution >= 4 is 11.9 Å². The van der Waals surface area contributed by atoms with Gasteiger partial charge in [-0.2, -0.15) is 13.2 Å². The highest BCUT2D eigenvalue weighted by Crippen LogP contribution is 2.51. The fraction of sp³-hybridized carbons (Fsp3) is 0.514. The van der Waals surface area contributed by atoms with Crippen molar-refractivity contribution in [3.63, 3.8) is 0 Å². The minimum atomic E-state index is -5.08. The molecule has 0 bridgehead atoms. The third-order valence-electron chi connectivity index (χ3n) is 8.90. The van der Waals surface area contributed by atoms with Gasteiger partial charge in [-0.15, -0.1) is 0 Å². The van der Waals surface area contributed by atoms with Gasteiger partial charge in [0.05, 0.1) is 29.8 Å². The second-order valence-corrected chi connectivity index (χ2v) is 13.3. The van der Waals surface area contributed by atoms with Gasteiger partial charge in [0.15, 0.2) is 0 Å². The van der Waals surface area contributed by atoms with Crippen LogP contribution in [0.4, 0.5) is 17.6 Å². The number of halogens is 4. The van der Waals surface area contributed by atoms with Gasteiger partial charge in [0.2, 0.25) is 5.91 Å². The van der Waals surface area contributed by atoms with E-state index in [2.05, 4.69) is 41.6 Å². The number of alkyl halides is 3. The van der Waals surface area contributed by atoms with Crippen molar-refractivity contribution in [2.75, 3.05) is 27.4 Å². The van der Waals surface area contributed by atoms with E-state index in [1.165, 1.54) is 19.2 Å². The van der Waals surface area contributed by atoms with E-state index in [1.54, 1.807) is 31.8 Å². The summed E-state index contributed by atoms with van der Waals surface area (Å²) in [6.07, 6.45) is 4.17. The highest BCUT2D eigenvalue weighted by atomic mass is 19.4. The van der Waals surface area contributed by atoms with Gasteiger partial charge in [0.25, 0.3) is 0 Å². The average Bonchev–Trinajstić information content (AvgIpc) is 3.57. The first-order valence-corrected chi connectivity index (χ1v) is 16.2. The first-order valence-electron chi connectivity index (χ1n) is 16.2. The number of carbonyl (C=O) groups excluding carboxylic acids is 1. The highest BCUT2D eigenvalue weighted by molar-refractivity contribution is 5.77. The minimum absolute atomic E-state index is 0.101. The molecule has 0 saturated heterocycles. The fourth-order valence-corrected chi connectivity index (χ4v) is 6.11. The van der Waals surface area contributed by atoms with Crippen molar-refractivity contribution in [1.82, 2.24) is 20.2 Å². The molecular formula is C35H44F4N4O7. The Bertz CT molecular complexity index is 1600. The van der Waals surface area contributed by atoms with Crippen molar-refractivity contribution < 1.29 is 51.6 Å². The minimum Gasteiger partial charge on any atom is -0.485 e. The lowest BCUT2D eigenvalue weighted by atomic mass is 9.72. The molecule has 2 heterocycles. The number of rotatable bonds is 13. The summed E-state index contributed by atoms with van der Waals surface area (Å²) in [5.41, 5.74) is 3.09. The molecule has 1 spiro atoms. The standard InChI is InChI=1S/C33H43FN4O5.C2HF3O2/c1-32(2,42-4)17-23-14-25-27(18-33(9-6-10-33)43-31(25)28(16-23)38-12-11-35-21-38)36-19-29(39)26(37-30(40)20-41-3)15-22-7-5-8-24(34)13-22;3-2(4,5)1(6)7/h5,7-8,11-14,16,21,26-27,29,36,39H,6,9-10,15,17-20H2,1-4H3,(H,37,40);(H,6,7)/t26-,27-,29+;/m0./s1. The second-order valence-electron chi connectivity index (χ2n) is 13.3. The summed E-state index contributed by atoms with van der Waals surface area (Å²) in [6.45, 7) is 4.20. The zero-order chi connectivity index (χ0) is 36.7. The number of amides is 1. The number of benzene rings is 2. The molecule has 1 amide bonds. The van der Waals surface area contributed by atoms with Crippen LogP contribution in [-0.4, -0.2) is 88.5 Å². The number of aliphatic hydroxyl groups excluding tert-OH is 1. The number of aliphatic hydroxyl groups is 1. The Labute approximate surface area is 287 Å². The average molecular weight is 709 g/mol.